The molecule has 9 heteroatoms. The van der Waals surface area contributed by atoms with E-state index >= 15 is 0 Å². The van der Waals surface area contributed by atoms with Gasteiger partial charge in [0, 0.05) is 43.8 Å². The number of hydrogen-bond acceptors (Lipinski definition) is 9. The Bertz CT molecular complexity index is 994. The molecule has 4 N–H and O–H groups in total. The highest BCUT2D eigenvalue weighted by molar-refractivity contribution is 5.84. The molecule has 0 unspecified atom stereocenters. The van der Waals surface area contributed by atoms with E-state index < -0.39 is 0 Å². The maximum Gasteiger partial charge on any atom is 0.299 e. The highest BCUT2D eigenvalue weighted by Gasteiger charge is 2.21. The van der Waals surface area contributed by atoms with E-state index in [-0.39, 0.29) is 6.10 Å². The van der Waals surface area contributed by atoms with E-state index in [1.54, 1.807) is 12.4 Å². The summed E-state index contributed by atoms with van der Waals surface area (Å²) in [6, 6.07) is 6.83. The highest BCUT2D eigenvalue weighted by atomic mass is 16.5. The van der Waals surface area contributed by atoms with E-state index in [9.17, 15) is 0 Å². The van der Waals surface area contributed by atoms with Crippen molar-refractivity contribution in [3.63, 3.8) is 0 Å². The third-order valence-corrected chi connectivity index (χ3v) is 5.70. The molecule has 5 rings (SSSR count). The molecule has 9 nitrogen and oxygen atoms in total. The molecular formula is C21H27N7O2. The van der Waals surface area contributed by atoms with Gasteiger partial charge in [-0.15, -0.1) is 0 Å². The molecule has 1 saturated carbocycles. The van der Waals surface area contributed by atoms with Crippen LogP contribution in [0.1, 0.15) is 25.7 Å². The van der Waals surface area contributed by atoms with E-state index in [1.165, 1.54) is 0 Å². The van der Waals surface area contributed by atoms with Gasteiger partial charge in [0.1, 0.15) is 11.3 Å². The van der Waals surface area contributed by atoms with Gasteiger partial charge in [0.2, 0.25) is 11.8 Å². The molecule has 0 radical (unpaired) electrons. The lowest BCUT2D eigenvalue weighted by Crippen LogP contribution is -2.43. The fourth-order valence-corrected chi connectivity index (χ4v) is 4.01. The van der Waals surface area contributed by atoms with Crippen LogP contribution in [-0.4, -0.2) is 53.3 Å². The Morgan fingerprint density at radius 3 is 2.77 bits per heavy atom. The summed E-state index contributed by atoms with van der Waals surface area (Å²) >= 11 is 0. The molecule has 2 aromatic heterocycles. The molecule has 1 aliphatic carbocycles. The number of anilines is 3. The van der Waals surface area contributed by atoms with Crippen molar-refractivity contribution in [2.24, 2.45) is 5.73 Å². The summed E-state index contributed by atoms with van der Waals surface area (Å²) in [5.74, 6) is 1.74. The molecule has 158 valence electrons. The molecular weight excluding hydrogens is 382 g/mol. The van der Waals surface area contributed by atoms with Crippen molar-refractivity contribution < 1.29 is 9.15 Å². The minimum absolute atomic E-state index is 0.178. The van der Waals surface area contributed by atoms with E-state index in [0.717, 1.165) is 68.5 Å². The number of fused-ring (bicyclic) bond motifs is 1. The van der Waals surface area contributed by atoms with Gasteiger partial charge in [-0.1, -0.05) is 12.1 Å². The van der Waals surface area contributed by atoms with Crippen LogP contribution < -0.4 is 26.0 Å². The Kier molecular flexibility index (Phi) is 5.37. The van der Waals surface area contributed by atoms with Crippen molar-refractivity contribution in [3.8, 4) is 5.75 Å². The van der Waals surface area contributed by atoms with Crippen LogP contribution in [0.3, 0.4) is 0 Å². The number of rotatable bonds is 5. The third-order valence-electron chi connectivity index (χ3n) is 5.70. The summed E-state index contributed by atoms with van der Waals surface area (Å²) in [6.07, 6.45) is 7.58. The van der Waals surface area contributed by atoms with Crippen molar-refractivity contribution in [1.29, 1.82) is 0 Å². The Balaban J connectivity index is 1.33. The fourth-order valence-electron chi connectivity index (χ4n) is 4.01. The van der Waals surface area contributed by atoms with Crippen LogP contribution in [0.4, 0.5) is 17.8 Å². The number of ether oxygens (including phenoxy) is 1. The normalized spacial score (nSPS) is 22.2. The van der Waals surface area contributed by atoms with Crippen LogP contribution in [-0.2, 0) is 0 Å². The monoisotopic (exact) mass is 409 g/mol. The molecule has 1 saturated heterocycles. The Morgan fingerprint density at radius 1 is 1.10 bits per heavy atom. The number of nitrogens with two attached hydrogens (primary N) is 1. The van der Waals surface area contributed by atoms with Crippen LogP contribution in [0, 0.1) is 0 Å². The van der Waals surface area contributed by atoms with Crippen molar-refractivity contribution in [1.82, 2.24) is 20.3 Å². The standard InChI is InChI=1S/C21H27N7O2/c22-15-4-6-16(7-5-15)29-17-3-1-2-14-12-24-20(27-19(14)17)26-18-13-25-21(30-18)28-10-8-23-9-11-28/h1-3,12-13,15-16,23H,4-11,22H2,(H,24,26,27). The Labute approximate surface area is 175 Å². The molecule has 0 atom stereocenters. The molecule has 30 heavy (non-hydrogen) atoms. The van der Waals surface area contributed by atoms with Crippen molar-refractivity contribution in [2.45, 2.75) is 37.8 Å². The number of oxazole rings is 1. The van der Waals surface area contributed by atoms with Gasteiger partial charge in [-0.2, -0.15) is 4.98 Å². The predicted molar refractivity (Wildman–Crippen MR) is 115 cm³/mol. The SMILES string of the molecule is NC1CCC(Oc2cccc3cnc(Nc4cnc(N5CCNCC5)o4)nc23)CC1. The van der Waals surface area contributed by atoms with Gasteiger partial charge >= 0.3 is 0 Å². The average molecular weight is 409 g/mol. The lowest BCUT2D eigenvalue weighted by Gasteiger charge is -2.27. The van der Waals surface area contributed by atoms with Crippen LogP contribution in [0.2, 0.25) is 0 Å². The van der Waals surface area contributed by atoms with Gasteiger partial charge in [0.25, 0.3) is 6.01 Å². The Morgan fingerprint density at radius 2 is 1.93 bits per heavy atom. The zero-order chi connectivity index (χ0) is 20.3. The van der Waals surface area contributed by atoms with Crippen molar-refractivity contribution in [2.75, 3.05) is 36.4 Å². The van der Waals surface area contributed by atoms with Crippen LogP contribution >= 0.6 is 0 Å². The third kappa shape index (κ3) is 4.17. The summed E-state index contributed by atoms with van der Waals surface area (Å²) in [6.45, 7) is 3.60. The zero-order valence-corrected chi connectivity index (χ0v) is 16.9. The quantitative estimate of drug-likeness (QED) is 0.584. The lowest BCUT2D eigenvalue weighted by atomic mass is 9.94. The molecule has 1 aromatic carbocycles. The number of nitrogens with one attached hydrogen (secondary N) is 2. The van der Waals surface area contributed by atoms with Gasteiger partial charge in [-0.25, -0.2) is 9.97 Å². The first-order valence-corrected chi connectivity index (χ1v) is 10.6. The van der Waals surface area contributed by atoms with Crippen LogP contribution in [0.25, 0.3) is 10.9 Å². The maximum atomic E-state index is 6.28. The second kappa shape index (κ2) is 8.45. The number of aromatic nitrogens is 3. The van der Waals surface area contributed by atoms with Gasteiger partial charge in [-0.3, -0.25) is 5.32 Å². The molecule has 3 aromatic rings. The summed E-state index contributed by atoms with van der Waals surface area (Å²) in [4.78, 5) is 15.6. The van der Waals surface area contributed by atoms with E-state index in [4.69, 9.17) is 14.9 Å². The average Bonchev–Trinajstić information content (AvgIpc) is 3.25. The zero-order valence-electron chi connectivity index (χ0n) is 16.9. The lowest BCUT2D eigenvalue weighted by molar-refractivity contribution is 0.149. The Hall–Kier alpha value is -2.91. The van der Waals surface area contributed by atoms with Crippen LogP contribution in [0.5, 0.6) is 5.75 Å². The first kappa shape index (κ1) is 19.1. The minimum Gasteiger partial charge on any atom is -0.488 e. The van der Waals surface area contributed by atoms with E-state index in [2.05, 4.69) is 30.5 Å². The van der Waals surface area contributed by atoms with Gasteiger partial charge in [0.05, 0.1) is 12.3 Å². The smallest absolute Gasteiger partial charge is 0.299 e. The van der Waals surface area contributed by atoms with Gasteiger partial charge < -0.3 is 25.1 Å². The van der Waals surface area contributed by atoms with E-state index in [0.29, 0.717) is 23.9 Å². The van der Waals surface area contributed by atoms with E-state index in [1.807, 2.05) is 18.2 Å². The molecule has 0 spiro atoms. The number of nitrogens with zero attached hydrogens (tertiary/aromatic N) is 4. The number of piperazine rings is 1. The first-order chi connectivity index (χ1) is 14.7. The largest absolute Gasteiger partial charge is 0.488 e. The molecule has 2 fully saturated rings. The van der Waals surface area contributed by atoms with Crippen LogP contribution in [0.15, 0.2) is 35.0 Å². The number of para-hydroxylation sites is 1. The number of benzene rings is 1. The van der Waals surface area contributed by atoms with Crippen molar-refractivity contribution in [3.05, 3.63) is 30.6 Å². The van der Waals surface area contributed by atoms with Gasteiger partial charge in [0.15, 0.2) is 0 Å². The molecule has 2 aliphatic rings. The van der Waals surface area contributed by atoms with Gasteiger partial charge in [-0.05, 0) is 31.7 Å². The van der Waals surface area contributed by atoms with Crippen molar-refractivity contribution >= 4 is 28.8 Å². The topological polar surface area (TPSA) is 114 Å². The predicted octanol–water partition coefficient (Wildman–Crippen LogP) is 2.42. The summed E-state index contributed by atoms with van der Waals surface area (Å²) in [7, 11) is 0. The second-order valence-electron chi connectivity index (χ2n) is 7.91. The summed E-state index contributed by atoms with van der Waals surface area (Å²) in [5, 5.41) is 7.38. The highest BCUT2D eigenvalue weighted by Crippen LogP contribution is 2.29. The summed E-state index contributed by atoms with van der Waals surface area (Å²) < 4.78 is 12.1. The fraction of sp³-hybridized carbons (Fsp3) is 0.476. The summed E-state index contributed by atoms with van der Waals surface area (Å²) in [5.41, 5.74) is 6.80. The first-order valence-electron chi connectivity index (χ1n) is 10.6. The molecule has 0 amide bonds. The second-order valence-corrected chi connectivity index (χ2v) is 7.91. The molecule has 0 bridgehead atoms. The maximum absolute atomic E-state index is 6.28. The molecule has 1 aliphatic heterocycles. The number of hydrogen-bond donors (Lipinski definition) is 3. The minimum atomic E-state index is 0.178. The molecule has 3 heterocycles.